The summed E-state index contributed by atoms with van der Waals surface area (Å²) in [4.78, 5) is 0. The van der Waals surface area contributed by atoms with Crippen LogP contribution in [0.25, 0.3) is 0 Å². The molecule has 16 heavy (non-hydrogen) atoms. The molecule has 1 rings (SSSR count). The van der Waals surface area contributed by atoms with Gasteiger partial charge in [-0.3, -0.25) is 4.68 Å². The topological polar surface area (TPSA) is 39.1 Å². The average molecular weight is 225 g/mol. The van der Waals surface area contributed by atoms with Crippen LogP contribution in [0.15, 0.2) is 6.07 Å². The molecule has 1 aromatic heterocycles. The third-order valence-electron chi connectivity index (χ3n) is 2.89. The molecule has 92 valence electrons. The fourth-order valence-electron chi connectivity index (χ4n) is 1.96. The third-order valence-corrected chi connectivity index (χ3v) is 2.89. The minimum atomic E-state index is 0.213. The molecule has 0 radical (unpaired) electrons. The van der Waals surface area contributed by atoms with E-state index in [1.807, 2.05) is 32.6 Å². The largest absolute Gasteiger partial charge is 0.377 e. The zero-order chi connectivity index (χ0) is 12.1. The molecular weight excluding hydrogens is 202 g/mol. The van der Waals surface area contributed by atoms with Gasteiger partial charge in [0.15, 0.2) is 0 Å². The number of aryl methyl sites for hydroxylation is 2. The number of aromatic nitrogens is 2. The maximum absolute atomic E-state index is 5.62. The van der Waals surface area contributed by atoms with E-state index in [9.17, 15) is 0 Å². The molecule has 1 heterocycles. The highest BCUT2D eigenvalue weighted by Gasteiger charge is 2.17. The van der Waals surface area contributed by atoms with Crippen LogP contribution >= 0.6 is 0 Å². The molecule has 0 spiro atoms. The standard InChI is InChI=1S/C12H23N3O/c1-6-16-10(3)12(13-4)8-11-7-9(2)14-15(11)5/h7,10,12-13H,6,8H2,1-5H3. The van der Waals surface area contributed by atoms with Crippen molar-refractivity contribution in [3.8, 4) is 0 Å². The van der Waals surface area contributed by atoms with Crippen molar-refractivity contribution in [1.29, 1.82) is 0 Å². The molecule has 0 aliphatic carbocycles. The van der Waals surface area contributed by atoms with Crippen molar-refractivity contribution in [3.05, 3.63) is 17.5 Å². The van der Waals surface area contributed by atoms with Crippen molar-refractivity contribution in [2.75, 3.05) is 13.7 Å². The van der Waals surface area contributed by atoms with Crippen LogP contribution in [0.1, 0.15) is 25.2 Å². The molecule has 0 aliphatic heterocycles. The predicted molar refractivity (Wildman–Crippen MR) is 65.6 cm³/mol. The summed E-state index contributed by atoms with van der Waals surface area (Å²) in [6.45, 7) is 6.90. The van der Waals surface area contributed by atoms with Crippen LogP contribution in [0.5, 0.6) is 0 Å². The van der Waals surface area contributed by atoms with Gasteiger partial charge in [-0.2, -0.15) is 5.10 Å². The van der Waals surface area contributed by atoms with Crippen LogP contribution in [0.4, 0.5) is 0 Å². The van der Waals surface area contributed by atoms with Crippen LogP contribution in [0.2, 0.25) is 0 Å². The molecule has 1 N–H and O–H groups in total. The van der Waals surface area contributed by atoms with E-state index in [0.29, 0.717) is 6.04 Å². The summed E-state index contributed by atoms with van der Waals surface area (Å²) in [7, 11) is 3.96. The van der Waals surface area contributed by atoms with Crippen molar-refractivity contribution in [2.45, 2.75) is 39.3 Å². The molecule has 0 saturated heterocycles. The summed E-state index contributed by atoms with van der Waals surface area (Å²) in [5.74, 6) is 0. The zero-order valence-corrected chi connectivity index (χ0v) is 10.9. The second kappa shape index (κ2) is 6.01. The Hall–Kier alpha value is -0.870. The fraction of sp³-hybridized carbons (Fsp3) is 0.750. The van der Waals surface area contributed by atoms with Gasteiger partial charge in [-0.1, -0.05) is 0 Å². The Morgan fingerprint density at radius 1 is 1.56 bits per heavy atom. The van der Waals surface area contributed by atoms with Crippen LogP contribution < -0.4 is 5.32 Å². The highest BCUT2D eigenvalue weighted by molar-refractivity contribution is 5.10. The van der Waals surface area contributed by atoms with Gasteiger partial charge in [0, 0.05) is 31.8 Å². The van der Waals surface area contributed by atoms with Crippen molar-refractivity contribution < 1.29 is 4.74 Å². The molecule has 4 nitrogen and oxygen atoms in total. The number of nitrogens with zero attached hydrogens (tertiary/aromatic N) is 2. The van der Waals surface area contributed by atoms with Crippen molar-refractivity contribution >= 4 is 0 Å². The summed E-state index contributed by atoms with van der Waals surface area (Å²) >= 11 is 0. The molecule has 1 aromatic rings. The molecule has 0 aliphatic rings. The smallest absolute Gasteiger partial charge is 0.0703 e. The molecular formula is C12H23N3O. The number of ether oxygens (including phenoxy) is 1. The van der Waals surface area contributed by atoms with Gasteiger partial charge in [0.2, 0.25) is 0 Å². The molecule has 2 atom stereocenters. The lowest BCUT2D eigenvalue weighted by molar-refractivity contribution is 0.0492. The quantitative estimate of drug-likeness (QED) is 0.793. The van der Waals surface area contributed by atoms with Gasteiger partial charge in [-0.15, -0.1) is 0 Å². The monoisotopic (exact) mass is 225 g/mol. The highest BCUT2D eigenvalue weighted by atomic mass is 16.5. The highest BCUT2D eigenvalue weighted by Crippen LogP contribution is 2.09. The normalized spacial score (nSPS) is 15.1. The van der Waals surface area contributed by atoms with Gasteiger partial charge in [0.25, 0.3) is 0 Å². The minimum absolute atomic E-state index is 0.213. The van der Waals surface area contributed by atoms with Crippen molar-refractivity contribution in [1.82, 2.24) is 15.1 Å². The SMILES string of the molecule is CCOC(C)C(Cc1cc(C)nn1C)NC. The Kier molecular flexibility index (Phi) is 4.96. The first-order valence-corrected chi connectivity index (χ1v) is 5.86. The van der Waals surface area contributed by atoms with E-state index in [4.69, 9.17) is 4.74 Å². The van der Waals surface area contributed by atoms with E-state index in [-0.39, 0.29) is 6.10 Å². The van der Waals surface area contributed by atoms with Gasteiger partial charge >= 0.3 is 0 Å². The Morgan fingerprint density at radius 3 is 2.69 bits per heavy atom. The van der Waals surface area contributed by atoms with Gasteiger partial charge in [-0.25, -0.2) is 0 Å². The maximum Gasteiger partial charge on any atom is 0.0703 e. The van der Waals surface area contributed by atoms with Gasteiger partial charge < -0.3 is 10.1 Å². The molecule has 0 saturated carbocycles. The second-order valence-corrected chi connectivity index (χ2v) is 4.16. The summed E-state index contributed by atoms with van der Waals surface area (Å²) in [6, 6.07) is 2.46. The minimum Gasteiger partial charge on any atom is -0.377 e. The van der Waals surface area contributed by atoms with Crippen LogP contribution in [-0.2, 0) is 18.2 Å². The Morgan fingerprint density at radius 2 is 2.25 bits per heavy atom. The summed E-state index contributed by atoms with van der Waals surface area (Å²) in [5.41, 5.74) is 2.31. The predicted octanol–water partition coefficient (Wildman–Crippen LogP) is 1.28. The summed E-state index contributed by atoms with van der Waals surface area (Å²) in [6.07, 6.45) is 1.15. The summed E-state index contributed by atoms with van der Waals surface area (Å²) in [5, 5.41) is 7.66. The van der Waals surface area contributed by atoms with Crippen LogP contribution in [-0.4, -0.2) is 35.6 Å². The molecule has 0 bridgehead atoms. The molecule has 2 unspecified atom stereocenters. The average Bonchev–Trinajstić information content (AvgIpc) is 2.54. The van der Waals surface area contributed by atoms with E-state index in [0.717, 1.165) is 18.7 Å². The number of hydrogen-bond acceptors (Lipinski definition) is 3. The van der Waals surface area contributed by atoms with Crippen molar-refractivity contribution in [3.63, 3.8) is 0 Å². The Labute approximate surface area is 98.0 Å². The molecule has 0 amide bonds. The first-order chi connectivity index (χ1) is 7.58. The number of likely N-dealkylation sites (N-methyl/N-ethyl adjacent to an activating group) is 1. The third kappa shape index (κ3) is 3.32. The van der Waals surface area contributed by atoms with E-state index in [1.54, 1.807) is 0 Å². The number of nitrogens with one attached hydrogen (secondary N) is 1. The van der Waals surface area contributed by atoms with E-state index >= 15 is 0 Å². The van der Waals surface area contributed by atoms with E-state index in [1.165, 1.54) is 5.69 Å². The lowest BCUT2D eigenvalue weighted by Crippen LogP contribution is -2.39. The van der Waals surface area contributed by atoms with Gasteiger partial charge in [-0.05, 0) is 33.9 Å². The van der Waals surface area contributed by atoms with Gasteiger partial charge in [0.05, 0.1) is 11.8 Å². The first-order valence-electron chi connectivity index (χ1n) is 5.86. The van der Waals surface area contributed by atoms with Crippen LogP contribution in [0, 0.1) is 6.92 Å². The molecule has 0 fully saturated rings. The Bertz CT molecular complexity index is 322. The molecule has 4 heteroatoms. The zero-order valence-electron chi connectivity index (χ0n) is 10.9. The lowest BCUT2D eigenvalue weighted by atomic mass is 10.1. The van der Waals surface area contributed by atoms with Crippen LogP contribution in [0.3, 0.4) is 0 Å². The number of hydrogen-bond donors (Lipinski definition) is 1. The fourth-order valence-corrected chi connectivity index (χ4v) is 1.96. The Balaban J connectivity index is 2.66. The first kappa shape index (κ1) is 13.2. The van der Waals surface area contributed by atoms with E-state index < -0.39 is 0 Å². The maximum atomic E-state index is 5.62. The van der Waals surface area contributed by atoms with Crippen molar-refractivity contribution in [2.24, 2.45) is 7.05 Å². The summed E-state index contributed by atoms with van der Waals surface area (Å²) < 4.78 is 7.56. The second-order valence-electron chi connectivity index (χ2n) is 4.16. The van der Waals surface area contributed by atoms with E-state index in [2.05, 4.69) is 23.4 Å². The van der Waals surface area contributed by atoms with Gasteiger partial charge in [0.1, 0.15) is 0 Å². The lowest BCUT2D eigenvalue weighted by Gasteiger charge is -2.23. The number of rotatable bonds is 6. The molecule has 0 aromatic carbocycles.